The fourth-order valence-corrected chi connectivity index (χ4v) is 4.72. The Kier molecular flexibility index (Phi) is 6.35. The molecule has 1 aliphatic rings. The molecule has 2 amide bonds. The molecule has 0 radical (unpaired) electrons. The molecule has 0 bridgehead atoms. The van der Waals surface area contributed by atoms with Crippen molar-refractivity contribution < 1.29 is 9.59 Å². The van der Waals surface area contributed by atoms with Gasteiger partial charge in [-0.05, 0) is 54.6 Å². The Hall–Kier alpha value is -3.97. The highest BCUT2D eigenvalue weighted by atomic mass is 32.1. The minimum Gasteiger partial charge on any atom is -0.337 e. The SMILES string of the molecule is O=C(N/C(=C\c1cn(-c2ccccc2)nc1-c1cccs1)C(=O)N1CCCC1)c1ccccc1. The van der Waals surface area contributed by atoms with E-state index in [4.69, 9.17) is 5.10 Å². The highest BCUT2D eigenvalue weighted by Gasteiger charge is 2.24. The van der Waals surface area contributed by atoms with Crippen molar-refractivity contribution >= 4 is 29.2 Å². The molecule has 0 saturated carbocycles. The lowest BCUT2D eigenvalue weighted by Gasteiger charge is -2.18. The molecule has 0 aliphatic carbocycles. The monoisotopic (exact) mass is 468 g/mol. The Balaban J connectivity index is 1.57. The summed E-state index contributed by atoms with van der Waals surface area (Å²) < 4.78 is 1.80. The number of carbonyl (C=O) groups is 2. The first-order valence-electron chi connectivity index (χ1n) is 11.3. The molecule has 34 heavy (non-hydrogen) atoms. The topological polar surface area (TPSA) is 67.2 Å². The third-order valence-corrected chi connectivity index (χ3v) is 6.60. The van der Waals surface area contributed by atoms with Gasteiger partial charge in [-0.15, -0.1) is 11.3 Å². The van der Waals surface area contributed by atoms with Gasteiger partial charge in [0.25, 0.3) is 11.8 Å². The van der Waals surface area contributed by atoms with Crippen LogP contribution in [0.5, 0.6) is 0 Å². The zero-order valence-electron chi connectivity index (χ0n) is 18.6. The largest absolute Gasteiger partial charge is 0.337 e. The number of likely N-dealkylation sites (tertiary alicyclic amines) is 1. The number of nitrogens with zero attached hydrogens (tertiary/aromatic N) is 3. The molecular formula is C27H24N4O2S. The number of hydrogen-bond donors (Lipinski definition) is 1. The Bertz CT molecular complexity index is 1310. The second-order valence-electron chi connectivity index (χ2n) is 8.07. The quantitative estimate of drug-likeness (QED) is 0.405. The van der Waals surface area contributed by atoms with Gasteiger partial charge in [0.1, 0.15) is 11.4 Å². The van der Waals surface area contributed by atoms with E-state index in [1.54, 1.807) is 51.3 Å². The summed E-state index contributed by atoms with van der Waals surface area (Å²) >= 11 is 1.58. The molecule has 0 unspecified atom stereocenters. The van der Waals surface area contributed by atoms with Gasteiger partial charge in [0.15, 0.2) is 0 Å². The molecule has 7 heteroatoms. The molecule has 1 N–H and O–H groups in total. The van der Waals surface area contributed by atoms with E-state index in [0.717, 1.165) is 34.7 Å². The number of hydrogen-bond acceptors (Lipinski definition) is 4. The van der Waals surface area contributed by atoms with Crippen LogP contribution in [-0.2, 0) is 4.79 Å². The van der Waals surface area contributed by atoms with Crippen molar-refractivity contribution in [2.45, 2.75) is 12.8 Å². The van der Waals surface area contributed by atoms with Crippen LogP contribution in [0.4, 0.5) is 0 Å². The van der Waals surface area contributed by atoms with E-state index in [9.17, 15) is 9.59 Å². The van der Waals surface area contributed by atoms with Crippen molar-refractivity contribution in [3.8, 4) is 16.3 Å². The molecule has 170 valence electrons. The Morgan fingerprint density at radius 3 is 2.29 bits per heavy atom. The third kappa shape index (κ3) is 4.70. The van der Waals surface area contributed by atoms with Crippen LogP contribution < -0.4 is 5.32 Å². The second-order valence-corrected chi connectivity index (χ2v) is 9.02. The molecule has 3 heterocycles. The summed E-state index contributed by atoms with van der Waals surface area (Å²) in [5.41, 5.74) is 3.20. The molecule has 1 saturated heterocycles. The lowest BCUT2D eigenvalue weighted by molar-refractivity contribution is -0.126. The van der Waals surface area contributed by atoms with Gasteiger partial charge in [-0.25, -0.2) is 4.68 Å². The second kappa shape index (κ2) is 9.89. The van der Waals surface area contributed by atoms with Crippen molar-refractivity contribution in [2.24, 2.45) is 0 Å². The number of para-hydroxylation sites is 1. The van der Waals surface area contributed by atoms with Crippen molar-refractivity contribution in [3.63, 3.8) is 0 Å². The first kappa shape index (κ1) is 21.9. The zero-order valence-corrected chi connectivity index (χ0v) is 19.4. The number of amides is 2. The van der Waals surface area contributed by atoms with Gasteiger partial charge in [-0.1, -0.05) is 42.5 Å². The summed E-state index contributed by atoms with van der Waals surface area (Å²) in [6.45, 7) is 1.39. The molecule has 6 nitrogen and oxygen atoms in total. The van der Waals surface area contributed by atoms with Crippen LogP contribution in [0.2, 0.25) is 0 Å². The first-order chi connectivity index (χ1) is 16.7. The van der Waals surface area contributed by atoms with Gasteiger partial charge < -0.3 is 10.2 Å². The van der Waals surface area contributed by atoms with Crippen LogP contribution in [0.25, 0.3) is 22.3 Å². The van der Waals surface area contributed by atoms with E-state index in [-0.39, 0.29) is 17.5 Å². The molecule has 5 rings (SSSR count). The minimum atomic E-state index is -0.312. The summed E-state index contributed by atoms with van der Waals surface area (Å²) in [5.74, 6) is -0.487. The van der Waals surface area contributed by atoms with Gasteiger partial charge in [-0.2, -0.15) is 5.10 Å². The molecule has 2 aromatic carbocycles. The van der Waals surface area contributed by atoms with E-state index in [1.165, 1.54) is 0 Å². The molecule has 1 aliphatic heterocycles. The van der Waals surface area contributed by atoms with E-state index in [0.29, 0.717) is 18.7 Å². The standard InChI is InChI=1S/C27H24N4O2S/c32-26(20-10-3-1-4-11-20)28-23(27(33)30-15-7-8-16-30)18-21-19-31(22-12-5-2-6-13-22)29-25(21)24-14-9-17-34-24/h1-6,9-14,17-19H,7-8,15-16H2,(H,28,32)/b23-18-. The molecule has 0 spiro atoms. The minimum absolute atomic E-state index is 0.175. The summed E-state index contributed by atoms with van der Waals surface area (Å²) in [6, 6.07) is 22.7. The van der Waals surface area contributed by atoms with Crippen molar-refractivity contribution in [1.29, 1.82) is 0 Å². The highest BCUT2D eigenvalue weighted by Crippen LogP contribution is 2.29. The lowest BCUT2D eigenvalue weighted by atomic mass is 10.1. The van der Waals surface area contributed by atoms with Gasteiger partial charge in [0.2, 0.25) is 0 Å². The molecule has 2 aromatic heterocycles. The fraction of sp³-hybridized carbons (Fsp3) is 0.148. The van der Waals surface area contributed by atoms with Gasteiger partial charge >= 0.3 is 0 Å². The number of thiophene rings is 1. The predicted octanol–water partition coefficient (Wildman–Crippen LogP) is 4.99. The Morgan fingerprint density at radius 2 is 1.62 bits per heavy atom. The van der Waals surface area contributed by atoms with Crippen LogP contribution in [-0.4, -0.2) is 39.6 Å². The van der Waals surface area contributed by atoms with Crippen LogP contribution in [0.15, 0.2) is 90.1 Å². The van der Waals surface area contributed by atoms with Crippen molar-refractivity contribution in [2.75, 3.05) is 13.1 Å². The summed E-state index contributed by atoms with van der Waals surface area (Å²) in [5, 5.41) is 9.69. The number of benzene rings is 2. The number of nitrogens with one attached hydrogen (secondary N) is 1. The summed E-state index contributed by atoms with van der Waals surface area (Å²) in [7, 11) is 0. The fourth-order valence-electron chi connectivity index (χ4n) is 3.99. The lowest BCUT2D eigenvalue weighted by Crippen LogP contribution is -2.36. The number of aromatic nitrogens is 2. The highest BCUT2D eigenvalue weighted by molar-refractivity contribution is 7.13. The van der Waals surface area contributed by atoms with Crippen LogP contribution >= 0.6 is 11.3 Å². The molecule has 4 aromatic rings. The normalized spacial score (nSPS) is 13.8. The van der Waals surface area contributed by atoms with Crippen molar-refractivity contribution in [3.05, 3.63) is 101 Å². The van der Waals surface area contributed by atoms with Gasteiger partial charge in [0.05, 0.1) is 10.6 Å². The van der Waals surface area contributed by atoms with E-state index >= 15 is 0 Å². The average molecular weight is 469 g/mol. The van der Waals surface area contributed by atoms with Crippen LogP contribution in [0.1, 0.15) is 28.8 Å². The molecule has 1 fully saturated rings. The van der Waals surface area contributed by atoms with Crippen LogP contribution in [0.3, 0.4) is 0 Å². The zero-order chi connectivity index (χ0) is 23.3. The van der Waals surface area contributed by atoms with Gasteiger partial charge in [-0.3, -0.25) is 9.59 Å². The first-order valence-corrected chi connectivity index (χ1v) is 12.1. The van der Waals surface area contributed by atoms with Crippen molar-refractivity contribution in [1.82, 2.24) is 20.0 Å². The van der Waals surface area contributed by atoms with Gasteiger partial charge in [0, 0.05) is 30.4 Å². The average Bonchev–Trinajstić information content (AvgIpc) is 3.66. The maximum atomic E-state index is 13.4. The van der Waals surface area contributed by atoms with Crippen LogP contribution in [0, 0.1) is 0 Å². The predicted molar refractivity (Wildman–Crippen MR) is 135 cm³/mol. The summed E-state index contributed by atoms with van der Waals surface area (Å²) in [6.07, 6.45) is 5.59. The maximum absolute atomic E-state index is 13.4. The molecule has 0 atom stereocenters. The Labute approximate surface area is 202 Å². The smallest absolute Gasteiger partial charge is 0.270 e. The third-order valence-electron chi connectivity index (χ3n) is 5.73. The number of carbonyl (C=O) groups excluding carboxylic acids is 2. The number of rotatable bonds is 6. The Morgan fingerprint density at radius 1 is 0.912 bits per heavy atom. The molecular weight excluding hydrogens is 444 g/mol. The van der Waals surface area contributed by atoms with E-state index in [2.05, 4.69) is 5.32 Å². The maximum Gasteiger partial charge on any atom is 0.270 e. The summed E-state index contributed by atoms with van der Waals surface area (Å²) in [4.78, 5) is 29.2. The van der Waals surface area contributed by atoms with E-state index in [1.807, 2.05) is 60.1 Å². The van der Waals surface area contributed by atoms with E-state index < -0.39 is 0 Å².